The van der Waals surface area contributed by atoms with Crippen LogP contribution in [0.2, 0.25) is 0 Å². The monoisotopic (exact) mass is 452 g/mol. The average molecular weight is 453 g/mol. The standard InChI is InChI=1S/C28H24N2O4/c1-31-25-11-9-21(27(15-25)33-3)13-23(17-29)19-5-7-20(8-6-19)24(18-30)14-22-10-12-26(32-2)16-28(22)34-4/h5-16H,1-4H3. The van der Waals surface area contributed by atoms with Gasteiger partial charge in [-0.2, -0.15) is 10.5 Å². The third-order valence-electron chi connectivity index (χ3n) is 5.23. The minimum absolute atomic E-state index is 0.467. The Morgan fingerprint density at radius 2 is 0.971 bits per heavy atom. The molecule has 0 aliphatic carbocycles. The molecule has 6 heteroatoms. The average Bonchev–Trinajstić information content (AvgIpc) is 2.90. The lowest BCUT2D eigenvalue weighted by Gasteiger charge is -2.09. The van der Waals surface area contributed by atoms with Crippen LogP contribution in [0.5, 0.6) is 23.0 Å². The Balaban J connectivity index is 1.94. The minimum Gasteiger partial charge on any atom is -0.497 e. The van der Waals surface area contributed by atoms with Gasteiger partial charge in [0, 0.05) is 23.3 Å². The first-order chi connectivity index (χ1) is 16.6. The number of benzene rings is 3. The van der Waals surface area contributed by atoms with Gasteiger partial charge in [0.05, 0.1) is 51.7 Å². The van der Waals surface area contributed by atoms with Gasteiger partial charge >= 0.3 is 0 Å². The molecule has 0 bridgehead atoms. The van der Waals surface area contributed by atoms with Crippen LogP contribution in [0.25, 0.3) is 23.3 Å². The van der Waals surface area contributed by atoms with Crippen LogP contribution in [0.4, 0.5) is 0 Å². The largest absolute Gasteiger partial charge is 0.497 e. The molecule has 0 aliphatic rings. The van der Waals surface area contributed by atoms with E-state index in [2.05, 4.69) is 12.1 Å². The molecule has 0 aliphatic heterocycles. The van der Waals surface area contributed by atoms with Gasteiger partial charge in [0.2, 0.25) is 0 Å². The number of nitriles is 2. The fourth-order valence-electron chi connectivity index (χ4n) is 3.38. The molecule has 3 rings (SSSR count). The van der Waals surface area contributed by atoms with Crippen LogP contribution < -0.4 is 18.9 Å². The summed E-state index contributed by atoms with van der Waals surface area (Å²) in [7, 11) is 6.31. The Morgan fingerprint density at radius 1 is 0.588 bits per heavy atom. The number of methoxy groups -OCH3 is 4. The summed E-state index contributed by atoms with van der Waals surface area (Å²) in [6.45, 7) is 0. The summed E-state index contributed by atoms with van der Waals surface area (Å²) < 4.78 is 21.3. The molecule has 0 N–H and O–H groups in total. The van der Waals surface area contributed by atoms with Gasteiger partial charge in [0.1, 0.15) is 23.0 Å². The maximum atomic E-state index is 9.75. The zero-order valence-corrected chi connectivity index (χ0v) is 19.5. The van der Waals surface area contributed by atoms with Crippen molar-refractivity contribution in [1.82, 2.24) is 0 Å². The van der Waals surface area contributed by atoms with E-state index in [0.29, 0.717) is 34.1 Å². The van der Waals surface area contributed by atoms with Gasteiger partial charge in [-0.15, -0.1) is 0 Å². The number of ether oxygens (including phenoxy) is 4. The van der Waals surface area contributed by atoms with Gasteiger partial charge in [0.15, 0.2) is 0 Å². The predicted molar refractivity (Wildman–Crippen MR) is 133 cm³/mol. The summed E-state index contributed by atoms with van der Waals surface area (Å²) in [4.78, 5) is 0. The van der Waals surface area contributed by atoms with E-state index in [-0.39, 0.29) is 0 Å². The summed E-state index contributed by atoms with van der Waals surface area (Å²) in [6, 6.07) is 22.6. The highest BCUT2D eigenvalue weighted by molar-refractivity contribution is 5.93. The fourth-order valence-corrected chi connectivity index (χ4v) is 3.38. The summed E-state index contributed by atoms with van der Waals surface area (Å²) in [6.07, 6.45) is 3.52. The molecule has 0 radical (unpaired) electrons. The number of rotatable bonds is 8. The van der Waals surface area contributed by atoms with E-state index < -0.39 is 0 Å². The molecule has 0 aromatic heterocycles. The molecule has 0 atom stereocenters. The Labute approximate surface area is 199 Å². The van der Waals surface area contributed by atoms with Crippen LogP contribution >= 0.6 is 0 Å². The van der Waals surface area contributed by atoms with E-state index in [1.54, 1.807) is 52.7 Å². The lowest BCUT2D eigenvalue weighted by atomic mass is 9.98. The molecule has 6 nitrogen and oxygen atoms in total. The van der Waals surface area contributed by atoms with Crippen LogP contribution in [-0.4, -0.2) is 28.4 Å². The zero-order chi connectivity index (χ0) is 24.5. The van der Waals surface area contributed by atoms with Gasteiger partial charge in [-0.25, -0.2) is 0 Å². The molecule has 170 valence electrons. The first-order valence-corrected chi connectivity index (χ1v) is 10.3. The summed E-state index contributed by atoms with van der Waals surface area (Å²) in [5.74, 6) is 2.54. The van der Waals surface area contributed by atoms with Crippen molar-refractivity contribution >= 4 is 23.3 Å². The molecule has 3 aromatic rings. The van der Waals surface area contributed by atoms with Crippen LogP contribution in [0, 0.1) is 22.7 Å². The number of hydrogen-bond donors (Lipinski definition) is 0. The third-order valence-corrected chi connectivity index (χ3v) is 5.23. The molecule has 3 aromatic carbocycles. The van der Waals surface area contributed by atoms with Crippen molar-refractivity contribution in [2.24, 2.45) is 0 Å². The highest BCUT2D eigenvalue weighted by Gasteiger charge is 2.09. The Hall–Kier alpha value is -4.68. The van der Waals surface area contributed by atoms with Gasteiger partial charge in [-0.1, -0.05) is 24.3 Å². The van der Waals surface area contributed by atoms with Crippen molar-refractivity contribution in [2.75, 3.05) is 28.4 Å². The molecular weight excluding hydrogens is 428 g/mol. The number of hydrogen-bond acceptors (Lipinski definition) is 6. The summed E-state index contributed by atoms with van der Waals surface area (Å²) >= 11 is 0. The smallest absolute Gasteiger partial charge is 0.129 e. The first kappa shape index (κ1) is 24.0. The van der Waals surface area contributed by atoms with Crippen molar-refractivity contribution in [3.8, 4) is 35.1 Å². The normalized spacial score (nSPS) is 11.2. The quantitative estimate of drug-likeness (QED) is 0.315. The maximum Gasteiger partial charge on any atom is 0.129 e. The summed E-state index contributed by atoms with van der Waals surface area (Å²) in [5.41, 5.74) is 3.90. The van der Waals surface area contributed by atoms with E-state index in [9.17, 15) is 10.5 Å². The van der Waals surface area contributed by atoms with Crippen LogP contribution in [0.3, 0.4) is 0 Å². The third kappa shape index (κ3) is 5.38. The van der Waals surface area contributed by atoms with Crippen molar-refractivity contribution in [2.45, 2.75) is 0 Å². The second-order valence-electron chi connectivity index (χ2n) is 7.13. The van der Waals surface area contributed by atoms with Crippen LogP contribution in [-0.2, 0) is 0 Å². The molecule has 0 saturated carbocycles. The lowest BCUT2D eigenvalue weighted by molar-refractivity contribution is 0.393. The minimum atomic E-state index is 0.467. The second kappa shape index (κ2) is 11.3. The van der Waals surface area contributed by atoms with E-state index in [0.717, 1.165) is 22.3 Å². The topological polar surface area (TPSA) is 84.5 Å². The molecule has 0 spiro atoms. The van der Waals surface area contributed by atoms with E-state index in [4.69, 9.17) is 18.9 Å². The molecule has 0 unspecified atom stereocenters. The fraction of sp³-hybridized carbons (Fsp3) is 0.143. The Morgan fingerprint density at radius 3 is 1.26 bits per heavy atom. The highest BCUT2D eigenvalue weighted by Crippen LogP contribution is 2.31. The van der Waals surface area contributed by atoms with Crippen LogP contribution in [0.15, 0.2) is 60.7 Å². The van der Waals surface area contributed by atoms with Crippen molar-refractivity contribution in [3.63, 3.8) is 0 Å². The van der Waals surface area contributed by atoms with Crippen LogP contribution in [0.1, 0.15) is 22.3 Å². The zero-order valence-electron chi connectivity index (χ0n) is 19.5. The van der Waals surface area contributed by atoms with Crippen molar-refractivity contribution < 1.29 is 18.9 Å². The number of allylic oxidation sites excluding steroid dienone is 2. The number of nitrogens with zero attached hydrogens (tertiary/aromatic N) is 2. The molecule has 0 saturated heterocycles. The molecule has 34 heavy (non-hydrogen) atoms. The molecular formula is C28H24N2O4. The van der Waals surface area contributed by atoms with Gasteiger partial charge < -0.3 is 18.9 Å². The van der Waals surface area contributed by atoms with Gasteiger partial charge in [-0.3, -0.25) is 0 Å². The van der Waals surface area contributed by atoms with E-state index in [1.165, 1.54) is 0 Å². The van der Waals surface area contributed by atoms with Crippen molar-refractivity contribution in [1.29, 1.82) is 10.5 Å². The second-order valence-corrected chi connectivity index (χ2v) is 7.13. The first-order valence-electron chi connectivity index (χ1n) is 10.3. The predicted octanol–water partition coefficient (Wildman–Crippen LogP) is 5.85. The molecule has 0 heterocycles. The van der Waals surface area contributed by atoms with Gasteiger partial charge in [0.25, 0.3) is 0 Å². The van der Waals surface area contributed by atoms with E-state index in [1.807, 2.05) is 48.5 Å². The van der Waals surface area contributed by atoms with Gasteiger partial charge in [-0.05, 0) is 47.5 Å². The SMILES string of the molecule is COc1ccc(C=C(C#N)c2ccc(C(C#N)=Cc3ccc(OC)cc3OC)cc2)c(OC)c1. The lowest BCUT2D eigenvalue weighted by Crippen LogP contribution is -1.91. The summed E-state index contributed by atoms with van der Waals surface area (Å²) in [5, 5.41) is 19.5. The Kier molecular flexibility index (Phi) is 7.94. The maximum absolute atomic E-state index is 9.75. The molecule has 0 amide bonds. The molecule has 0 fully saturated rings. The van der Waals surface area contributed by atoms with E-state index >= 15 is 0 Å². The van der Waals surface area contributed by atoms with Crippen molar-refractivity contribution in [3.05, 3.63) is 82.9 Å². The highest BCUT2D eigenvalue weighted by atomic mass is 16.5. The Bertz CT molecular complexity index is 1210.